The number of piperidine rings is 1. The number of nitrogens with zero attached hydrogens (tertiary/aromatic N) is 1. The van der Waals surface area contributed by atoms with Gasteiger partial charge in [-0.2, -0.15) is 0 Å². The van der Waals surface area contributed by atoms with Crippen molar-refractivity contribution in [3.8, 4) is 0 Å². The van der Waals surface area contributed by atoms with Gasteiger partial charge in [0.15, 0.2) is 5.78 Å². The van der Waals surface area contributed by atoms with E-state index in [1.807, 2.05) is 36.9 Å². The van der Waals surface area contributed by atoms with Crippen LogP contribution in [0.25, 0.3) is 0 Å². The summed E-state index contributed by atoms with van der Waals surface area (Å²) in [5.74, 6) is -0.667. The van der Waals surface area contributed by atoms with Crippen LogP contribution in [0.3, 0.4) is 0 Å². The quantitative estimate of drug-likeness (QED) is 0.847. The van der Waals surface area contributed by atoms with E-state index in [-0.39, 0.29) is 5.78 Å². The third-order valence-electron chi connectivity index (χ3n) is 4.22. The Balaban J connectivity index is 1.99. The van der Waals surface area contributed by atoms with Crippen molar-refractivity contribution < 1.29 is 14.7 Å². The molecule has 4 heteroatoms. The molecule has 1 fully saturated rings. The molecule has 2 rings (SSSR count). The molecule has 1 aliphatic rings. The van der Waals surface area contributed by atoms with Crippen molar-refractivity contribution in [1.82, 2.24) is 4.90 Å². The Morgan fingerprint density at radius 3 is 2.76 bits per heavy atom. The van der Waals surface area contributed by atoms with Gasteiger partial charge in [-0.05, 0) is 44.9 Å². The maximum atomic E-state index is 12.4. The minimum absolute atomic E-state index is 0.103. The van der Waals surface area contributed by atoms with E-state index >= 15 is 0 Å². The van der Waals surface area contributed by atoms with Gasteiger partial charge in [0.05, 0.1) is 0 Å². The zero-order valence-electron chi connectivity index (χ0n) is 12.8. The van der Waals surface area contributed by atoms with E-state index in [0.29, 0.717) is 19.4 Å². The predicted octanol–water partition coefficient (Wildman–Crippen LogP) is 2.82. The normalized spacial score (nSPS) is 19.4. The molecule has 1 atom stereocenters. The number of aryl methyl sites for hydroxylation is 2. The Hall–Kier alpha value is -1.68. The molecule has 0 aliphatic carbocycles. The summed E-state index contributed by atoms with van der Waals surface area (Å²) in [5, 5.41) is 9.24. The van der Waals surface area contributed by atoms with Gasteiger partial charge in [0.1, 0.15) is 6.04 Å². The molecule has 1 N–H and O–H groups in total. The van der Waals surface area contributed by atoms with Crippen molar-refractivity contribution >= 4 is 11.8 Å². The summed E-state index contributed by atoms with van der Waals surface area (Å²) in [6, 6.07) is 5.45. The van der Waals surface area contributed by atoms with E-state index in [1.165, 1.54) is 0 Å². The zero-order valence-corrected chi connectivity index (χ0v) is 12.8. The van der Waals surface area contributed by atoms with Crippen molar-refractivity contribution in [2.45, 2.75) is 45.6 Å². The molecule has 0 spiro atoms. The first-order valence-electron chi connectivity index (χ1n) is 7.56. The van der Waals surface area contributed by atoms with Gasteiger partial charge < -0.3 is 5.11 Å². The highest BCUT2D eigenvalue weighted by Crippen LogP contribution is 2.19. The Kier molecular flexibility index (Phi) is 5.12. The second-order valence-corrected chi connectivity index (χ2v) is 5.88. The highest BCUT2D eigenvalue weighted by Gasteiger charge is 2.28. The van der Waals surface area contributed by atoms with Crippen LogP contribution in [0.5, 0.6) is 0 Å². The number of carboxylic acid groups (broad SMARTS) is 1. The van der Waals surface area contributed by atoms with Crippen molar-refractivity contribution in [2.75, 3.05) is 13.1 Å². The molecule has 114 valence electrons. The molecule has 1 aromatic rings. The number of carboxylic acids is 1. The minimum atomic E-state index is -0.770. The Labute approximate surface area is 125 Å². The summed E-state index contributed by atoms with van der Waals surface area (Å²) in [4.78, 5) is 25.6. The Morgan fingerprint density at radius 1 is 1.29 bits per heavy atom. The van der Waals surface area contributed by atoms with Gasteiger partial charge in [0.2, 0.25) is 0 Å². The SMILES string of the molecule is Cc1ccc(C)c(C(=O)CCN2CCCCC2C(=O)O)c1. The molecule has 1 unspecified atom stereocenters. The maximum absolute atomic E-state index is 12.4. The van der Waals surface area contributed by atoms with Crippen LogP contribution in [0.4, 0.5) is 0 Å². The lowest BCUT2D eigenvalue weighted by molar-refractivity contribution is -0.144. The molecule has 1 aliphatic heterocycles. The smallest absolute Gasteiger partial charge is 0.320 e. The topological polar surface area (TPSA) is 57.6 Å². The van der Waals surface area contributed by atoms with Gasteiger partial charge in [-0.3, -0.25) is 14.5 Å². The fraction of sp³-hybridized carbons (Fsp3) is 0.529. The highest BCUT2D eigenvalue weighted by molar-refractivity contribution is 5.97. The van der Waals surface area contributed by atoms with E-state index in [0.717, 1.165) is 36.1 Å². The summed E-state index contributed by atoms with van der Waals surface area (Å²) < 4.78 is 0. The molecule has 21 heavy (non-hydrogen) atoms. The number of Topliss-reactive ketones (excluding diaryl/α,β-unsaturated/α-hetero) is 1. The number of hydrogen-bond donors (Lipinski definition) is 1. The third-order valence-corrected chi connectivity index (χ3v) is 4.22. The van der Waals surface area contributed by atoms with Crippen LogP contribution < -0.4 is 0 Å². The first-order chi connectivity index (χ1) is 9.99. The van der Waals surface area contributed by atoms with Crippen molar-refractivity contribution in [3.63, 3.8) is 0 Å². The van der Waals surface area contributed by atoms with Crippen molar-refractivity contribution in [2.24, 2.45) is 0 Å². The zero-order chi connectivity index (χ0) is 15.4. The minimum Gasteiger partial charge on any atom is -0.480 e. The highest BCUT2D eigenvalue weighted by atomic mass is 16.4. The molecule has 0 aromatic heterocycles. The van der Waals surface area contributed by atoms with Gasteiger partial charge in [-0.15, -0.1) is 0 Å². The lowest BCUT2D eigenvalue weighted by Gasteiger charge is -2.32. The van der Waals surface area contributed by atoms with E-state index in [9.17, 15) is 14.7 Å². The molecule has 0 bridgehead atoms. The van der Waals surface area contributed by atoms with Crippen LogP contribution in [-0.2, 0) is 4.79 Å². The number of carbonyl (C=O) groups is 2. The largest absolute Gasteiger partial charge is 0.480 e. The lowest BCUT2D eigenvalue weighted by Crippen LogP contribution is -2.45. The number of aliphatic carboxylic acids is 1. The summed E-state index contributed by atoms with van der Waals surface area (Å²) in [7, 11) is 0. The summed E-state index contributed by atoms with van der Waals surface area (Å²) in [6.45, 7) is 5.22. The lowest BCUT2D eigenvalue weighted by atomic mass is 9.98. The van der Waals surface area contributed by atoms with Gasteiger partial charge >= 0.3 is 5.97 Å². The van der Waals surface area contributed by atoms with Crippen LogP contribution in [0.15, 0.2) is 18.2 Å². The number of rotatable bonds is 5. The number of likely N-dealkylation sites (tertiary alicyclic amines) is 1. The molecule has 4 nitrogen and oxygen atoms in total. The summed E-state index contributed by atoms with van der Waals surface area (Å²) >= 11 is 0. The molecular weight excluding hydrogens is 266 g/mol. The Bertz CT molecular complexity index is 539. The van der Waals surface area contributed by atoms with Crippen LogP contribution in [-0.4, -0.2) is 40.9 Å². The van der Waals surface area contributed by atoms with Crippen molar-refractivity contribution in [3.05, 3.63) is 34.9 Å². The first kappa shape index (κ1) is 15.7. The molecule has 1 saturated heterocycles. The molecular formula is C17H23NO3. The fourth-order valence-corrected chi connectivity index (χ4v) is 2.95. The summed E-state index contributed by atoms with van der Waals surface area (Å²) in [5.41, 5.74) is 2.82. The van der Waals surface area contributed by atoms with E-state index in [2.05, 4.69) is 0 Å². The van der Waals surface area contributed by atoms with Gasteiger partial charge in [0.25, 0.3) is 0 Å². The van der Waals surface area contributed by atoms with Crippen LogP contribution in [0.2, 0.25) is 0 Å². The van der Waals surface area contributed by atoms with Gasteiger partial charge in [-0.1, -0.05) is 24.1 Å². The third kappa shape index (κ3) is 3.91. The fourth-order valence-electron chi connectivity index (χ4n) is 2.95. The summed E-state index contributed by atoms with van der Waals surface area (Å²) in [6.07, 6.45) is 3.04. The van der Waals surface area contributed by atoms with E-state index < -0.39 is 12.0 Å². The average molecular weight is 289 g/mol. The second kappa shape index (κ2) is 6.85. The van der Waals surface area contributed by atoms with E-state index in [1.54, 1.807) is 0 Å². The first-order valence-corrected chi connectivity index (χ1v) is 7.56. The predicted molar refractivity (Wildman–Crippen MR) is 81.7 cm³/mol. The monoisotopic (exact) mass is 289 g/mol. The molecule has 0 saturated carbocycles. The average Bonchev–Trinajstić information content (AvgIpc) is 2.47. The van der Waals surface area contributed by atoms with Gasteiger partial charge in [0, 0.05) is 18.5 Å². The number of ketones is 1. The van der Waals surface area contributed by atoms with Crippen LogP contribution >= 0.6 is 0 Å². The maximum Gasteiger partial charge on any atom is 0.320 e. The van der Waals surface area contributed by atoms with Crippen LogP contribution in [0, 0.1) is 13.8 Å². The van der Waals surface area contributed by atoms with Gasteiger partial charge in [-0.25, -0.2) is 0 Å². The van der Waals surface area contributed by atoms with Crippen LogP contribution in [0.1, 0.15) is 47.2 Å². The van der Waals surface area contributed by atoms with Crippen molar-refractivity contribution in [1.29, 1.82) is 0 Å². The Morgan fingerprint density at radius 2 is 2.05 bits per heavy atom. The number of hydrogen-bond acceptors (Lipinski definition) is 3. The molecule has 0 radical (unpaired) electrons. The van der Waals surface area contributed by atoms with E-state index in [4.69, 9.17) is 0 Å². The molecule has 1 heterocycles. The molecule has 0 amide bonds. The number of carbonyl (C=O) groups excluding carboxylic acids is 1. The second-order valence-electron chi connectivity index (χ2n) is 5.88. The standard InChI is InChI=1S/C17H23NO3/c1-12-6-7-13(2)14(11-12)16(19)8-10-18-9-4-3-5-15(18)17(20)21/h6-7,11,15H,3-5,8-10H2,1-2H3,(H,20,21). The number of benzene rings is 1. The molecule has 1 aromatic carbocycles.